The maximum Gasteiger partial charge on any atom is 0.321 e. The Labute approximate surface area is 141 Å². The van der Waals surface area contributed by atoms with E-state index < -0.39 is 11.3 Å². The second-order valence-electron chi connectivity index (χ2n) is 6.38. The van der Waals surface area contributed by atoms with Crippen LogP contribution in [0.2, 0.25) is 0 Å². The molecular weight excluding hydrogens is 306 g/mol. The zero-order valence-corrected chi connectivity index (χ0v) is 14.4. The molecule has 1 heterocycles. The lowest BCUT2D eigenvalue weighted by Crippen LogP contribution is -2.35. The Bertz CT molecular complexity index is 734. The van der Waals surface area contributed by atoms with Crippen LogP contribution >= 0.6 is 0 Å². The van der Waals surface area contributed by atoms with Gasteiger partial charge < -0.3 is 16.0 Å². The first kappa shape index (κ1) is 17.5. The molecule has 0 atom stereocenters. The number of primary amides is 1. The molecule has 1 aromatic heterocycles. The van der Waals surface area contributed by atoms with Gasteiger partial charge in [-0.25, -0.2) is 4.79 Å². The number of carbonyl (C=O) groups excluding carboxylic acids is 2. The first-order chi connectivity index (χ1) is 11.2. The van der Waals surface area contributed by atoms with Crippen molar-refractivity contribution in [2.24, 2.45) is 12.8 Å². The minimum absolute atomic E-state index is 0.222. The van der Waals surface area contributed by atoms with Crippen LogP contribution in [-0.4, -0.2) is 33.7 Å². The lowest BCUT2D eigenvalue weighted by molar-refractivity contribution is -0.122. The quantitative estimate of drug-likeness (QED) is 0.876. The largest absolute Gasteiger partial charge is 0.369 e. The maximum atomic E-state index is 12.2. The van der Waals surface area contributed by atoms with Gasteiger partial charge in [0.05, 0.1) is 18.2 Å². The van der Waals surface area contributed by atoms with Crippen molar-refractivity contribution < 1.29 is 9.59 Å². The fraction of sp³-hybridized carbons (Fsp3) is 0.353. The number of hydrogen-bond acceptors (Lipinski definition) is 3. The van der Waals surface area contributed by atoms with Gasteiger partial charge in [0, 0.05) is 31.5 Å². The van der Waals surface area contributed by atoms with E-state index >= 15 is 0 Å². The molecule has 3 amide bonds. The molecule has 0 aliphatic carbocycles. The molecule has 7 heteroatoms. The molecule has 0 unspecified atom stereocenters. The third kappa shape index (κ3) is 3.92. The summed E-state index contributed by atoms with van der Waals surface area (Å²) in [5.74, 6) is -0.393. The van der Waals surface area contributed by atoms with Crippen molar-refractivity contribution in [3.05, 3.63) is 47.8 Å². The zero-order chi connectivity index (χ0) is 17.9. The lowest BCUT2D eigenvalue weighted by atomic mass is 9.84. The average molecular weight is 329 g/mol. The number of carbonyl (C=O) groups is 2. The number of urea groups is 1. The van der Waals surface area contributed by atoms with Gasteiger partial charge in [-0.05, 0) is 31.5 Å². The van der Waals surface area contributed by atoms with Crippen LogP contribution in [0.4, 0.5) is 10.5 Å². The smallest absolute Gasteiger partial charge is 0.321 e. The number of nitrogens with one attached hydrogen (secondary N) is 1. The third-order valence-corrected chi connectivity index (χ3v) is 4.00. The Morgan fingerprint density at radius 2 is 1.92 bits per heavy atom. The predicted octanol–water partition coefficient (Wildman–Crippen LogP) is 1.85. The molecule has 1 aromatic carbocycles. The number of rotatable bonds is 5. The van der Waals surface area contributed by atoms with Crippen LogP contribution in [0.3, 0.4) is 0 Å². The van der Waals surface area contributed by atoms with Gasteiger partial charge in [-0.1, -0.05) is 12.1 Å². The number of aromatic nitrogens is 2. The Balaban J connectivity index is 2.00. The molecule has 24 heavy (non-hydrogen) atoms. The van der Waals surface area contributed by atoms with Crippen molar-refractivity contribution in [1.29, 1.82) is 0 Å². The summed E-state index contributed by atoms with van der Waals surface area (Å²) in [7, 11) is 3.55. The topological polar surface area (TPSA) is 93.2 Å². The highest BCUT2D eigenvalue weighted by Gasteiger charge is 2.27. The summed E-state index contributed by atoms with van der Waals surface area (Å²) >= 11 is 0. The second-order valence-corrected chi connectivity index (χ2v) is 6.38. The predicted molar refractivity (Wildman–Crippen MR) is 92.4 cm³/mol. The number of benzene rings is 1. The molecule has 2 aromatic rings. The highest BCUT2D eigenvalue weighted by molar-refractivity contribution is 5.89. The van der Waals surface area contributed by atoms with E-state index in [9.17, 15) is 9.59 Å². The molecule has 0 spiro atoms. The summed E-state index contributed by atoms with van der Waals surface area (Å²) in [4.78, 5) is 25.3. The summed E-state index contributed by atoms with van der Waals surface area (Å²) in [6.07, 6.45) is 3.59. The molecule has 0 aliphatic heterocycles. The Kier molecular flexibility index (Phi) is 4.92. The van der Waals surface area contributed by atoms with Gasteiger partial charge in [-0.15, -0.1) is 0 Å². The van der Waals surface area contributed by atoms with Gasteiger partial charge in [0.2, 0.25) is 5.91 Å². The fourth-order valence-electron chi connectivity index (χ4n) is 2.23. The highest BCUT2D eigenvalue weighted by atomic mass is 16.2. The van der Waals surface area contributed by atoms with Gasteiger partial charge >= 0.3 is 6.03 Å². The minimum atomic E-state index is -0.750. The fourth-order valence-corrected chi connectivity index (χ4v) is 2.23. The van der Waals surface area contributed by atoms with E-state index in [4.69, 9.17) is 5.73 Å². The molecule has 3 N–H and O–H groups in total. The molecule has 0 saturated heterocycles. The van der Waals surface area contributed by atoms with Crippen LogP contribution in [0.15, 0.2) is 36.7 Å². The molecular formula is C17H23N5O2. The van der Waals surface area contributed by atoms with Crippen LogP contribution in [0.5, 0.6) is 0 Å². The summed E-state index contributed by atoms with van der Waals surface area (Å²) in [6.45, 7) is 4.00. The van der Waals surface area contributed by atoms with Crippen molar-refractivity contribution in [3.8, 4) is 0 Å². The van der Waals surface area contributed by atoms with E-state index in [2.05, 4.69) is 10.4 Å². The summed E-state index contributed by atoms with van der Waals surface area (Å²) in [5, 5.41) is 6.90. The van der Waals surface area contributed by atoms with Gasteiger partial charge in [-0.2, -0.15) is 5.10 Å². The van der Waals surface area contributed by atoms with Crippen molar-refractivity contribution in [2.45, 2.75) is 25.8 Å². The summed E-state index contributed by atoms with van der Waals surface area (Å²) in [5.41, 5.74) is 7.07. The Morgan fingerprint density at radius 1 is 1.29 bits per heavy atom. The molecule has 0 aliphatic rings. The van der Waals surface area contributed by atoms with E-state index in [-0.39, 0.29) is 6.03 Å². The Morgan fingerprint density at radius 3 is 2.42 bits per heavy atom. The van der Waals surface area contributed by atoms with Crippen molar-refractivity contribution in [1.82, 2.24) is 14.7 Å². The van der Waals surface area contributed by atoms with Crippen LogP contribution in [0.1, 0.15) is 25.0 Å². The van der Waals surface area contributed by atoms with Crippen LogP contribution < -0.4 is 11.1 Å². The summed E-state index contributed by atoms with van der Waals surface area (Å²) in [6, 6.07) is 6.88. The van der Waals surface area contributed by atoms with Crippen LogP contribution in [0, 0.1) is 0 Å². The standard InChI is InChI=1S/C17H23N5O2/c1-17(2,15(18)23)13-5-7-14(8-6-13)20-16(24)21(3)10-12-9-19-22(4)11-12/h5-9,11H,10H2,1-4H3,(H2,18,23)(H,20,24). The summed E-state index contributed by atoms with van der Waals surface area (Å²) < 4.78 is 1.69. The molecule has 0 radical (unpaired) electrons. The van der Waals surface area contributed by atoms with Crippen LogP contribution in [-0.2, 0) is 23.8 Å². The number of nitrogens with zero attached hydrogens (tertiary/aromatic N) is 3. The number of amides is 3. The van der Waals surface area contributed by atoms with E-state index in [1.54, 1.807) is 60.9 Å². The van der Waals surface area contributed by atoms with E-state index in [0.717, 1.165) is 11.1 Å². The first-order valence-electron chi connectivity index (χ1n) is 7.60. The monoisotopic (exact) mass is 329 g/mol. The van der Waals surface area contributed by atoms with Crippen molar-refractivity contribution in [2.75, 3.05) is 12.4 Å². The third-order valence-electron chi connectivity index (χ3n) is 4.00. The van der Waals surface area contributed by atoms with E-state index in [1.165, 1.54) is 0 Å². The SMILES string of the molecule is CN(Cc1cnn(C)c1)C(=O)Nc1ccc(C(C)(C)C(N)=O)cc1. The lowest BCUT2D eigenvalue weighted by Gasteiger charge is -2.21. The minimum Gasteiger partial charge on any atom is -0.369 e. The first-order valence-corrected chi connectivity index (χ1v) is 7.60. The zero-order valence-electron chi connectivity index (χ0n) is 14.4. The maximum absolute atomic E-state index is 12.2. The number of nitrogens with two attached hydrogens (primary N) is 1. The number of anilines is 1. The van der Waals surface area contributed by atoms with Gasteiger partial charge in [-0.3, -0.25) is 9.48 Å². The molecule has 0 saturated carbocycles. The van der Waals surface area contributed by atoms with Crippen molar-refractivity contribution >= 4 is 17.6 Å². The van der Waals surface area contributed by atoms with Crippen LogP contribution in [0.25, 0.3) is 0 Å². The second kappa shape index (κ2) is 6.74. The highest BCUT2D eigenvalue weighted by Crippen LogP contribution is 2.24. The van der Waals surface area contributed by atoms with E-state index in [1.807, 2.05) is 13.2 Å². The molecule has 0 fully saturated rings. The average Bonchev–Trinajstić information content (AvgIpc) is 2.92. The number of hydrogen-bond donors (Lipinski definition) is 2. The molecule has 2 rings (SSSR count). The van der Waals surface area contributed by atoms with Gasteiger partial charge in [0.1, 0.15) is 0 Å². The Hall–Kier alpha value is -2.83. The number of aryl methyl sites for hydroxylation is 1. The van der Waals surface area contributed by atoms with Gasteiger partial charge in [0.15, 0.2) is 0 Å². The van der Waals surface area contributed by atoms with Gasteiger partial charge in [0.25, 0.3) is 0 Å². The molecule has 7 nitrogen and oxygen atoms in total. The molecule has 128 valence electrons. The van der Waals surface area contributed by atoms with Crippen molar-refractivity contribution in [3.63, 3.8) is 0 Å². The van der Waals surface area contributed by atoms with E-state index in [0.29, 0.717) is 12.2 Å². The molecule has 0 bridgehead atoms. The normalized spacial score (nSPS) is 11.2.